The number of hydrogen-bond donors (Lipinski definition) is 0. The molecule has 1 atom stereocenters. The van der Waals surface area contributed by atoms with Gasteiger partial charge in [-0.3, -0.25) is 9.20 Å². The molecule has 3 aromatic rings. The van der Waals surface area contributed by atoms with Crippen LogP contribution in [0.15, 0.2) is 41.7 Å². The maximum Gasteiger partial charge on any atom is 0.233 e. The molecule has 1 aromatic carbocycles. The summed E-state index contributed by atoms with van der Waals surface area (Å²) in [6.45, 7) is 1.89. The normalized spacial score (nSPS) is 12.3. The summed E-state index contributed by atoms with van der Waals surface area (Å²) in [4.78, 5) is 14.1. The van der Waals surface area contributed by atoms with Gasteiger partial charge in [0.1, 0.15) is 5.82 Å². The van der Waals surface area contributed by atoms with Gasteiger partial charge in [-0.05, 0) is 30.7 Å². The van der Waals surface area contributed by atoms with Crippen LogP contribution in [0.4, 0.5) is 4.39 Å². The minimum atomic E-state index is -0.304. The van der Waals surface area contributed by atoms with Gasteiger partial charge >= 0.3 is 0 Å². The van der Waals surface area contributed by atoms with Crippen LogP contribution in [0, 0.1) is 5.82 Å². The van der Waals surface area contributed by atoms with Gasteiger partial charge in [0.05, 0.1) is 21.8 Å². The molecule has 1 amide bonds. The van der Waals surface area contributed by atoms with Gasteiger partial charge < -0.3 is 4.90 Å². The number of halogens is 3. The quantitative estimate of drug-likeness (QED) is 0.579. The summed E-state index contributed by atoms with van der Waals surface area (Å²) in [5.41, 5.74) is 1.35. The maximum absolute atomic E-state index is 13.1. The molecule has 2 aromatic heterocycles. The molecule has 9 heteroatoms. The summed E-state index contributed by atoms with van der Waals surface area (Å²) in [7, 11) is 1.71. The number of carbonyl (C=O) groups excluding carboxylic acids is 1. The maximum atomic E-state index is 13.1. The van der Waals surface area contributed by atoms with Gasteiger partial charge in [-0.1, -0.05) is 47.1 Å². The minimum Gasteiger partial charge on any atom is -0.338 e. The van der Waals surface area contributed by atoms with E-state index in [0.29, 0.717) is 20.8 Å². The van der Waals surface area contributed by atoms with Crippen molar-refractivity contribution in [2.24, 2.45) is 0 Å². The molecule has 0 saturated carbocycles. The van der Waals surface area contributed by atoms with Gasteiger partial charge in [0.15, 0.2) is 10.8 Å². The second-order valence-electron chi connectivity index (χ2n) is 5.70. The molecule has 0 spiro atoms. The Morgan fingerprint density at radius 3 is 2.69 bits per heavy atom. The van der Waals surface area contributed by atoms with Gasteiger partial charge in [0.2, 0.25) is 5.91 Å². The molecule has 0 N–H and O–H groups in total. The highest BCUT2D eigenvalue weighted by molar-refractivity contribution is 7.99. The number of carbonyl (C=O) groups is 1. The van der Waals surface area contributed by atoms with Crippen molar-refractivity contribution in [1.82, 2.24) is 19.5 Å². The van der Waals surface area contributed by atoms with Crippen LogP contribution >= 0.6 is 35.0 Å². The molecule has 1 unspecified atom stereocenters. The van der Waals surface area contributed by atoms with Crippen LogP contribution in [0.1, 0.15) is 18.5 Å². The van der Waals surface area contributed by atoms with Crippen molar-refractivity contribution >= 4 is 46.5 Å². The van der Waals surface area contributed by atoms with Crippen LogP contribution in [0.3, 0.4) is 0 Å². The molecule has 0 aliphatic carbocycles. The van der Waals surface area contributed by atoms with Crippen molar-refractivity contribution in [1.29, 1.82) is 0 Å². The zero-order chi connectivity index (χ0) is 18.8. The van der Waals surface area contributed by atoms with E-state index in [1.165, 1.54) is 23.9 Å². The number of thioether (sulfide) groups is 1. The van der Waals surface area contributed by atoms with E-state index in [2.05, 4.69) is 10.2 Å². The molecule has 26 heavy (non-hydrogen) atoms. The summed E-state index contributed by atoms with van der Waals surface area (Å²) in [5.74, 6) is -0.217. The fourth-order valence-electron chi connectivity index (χ4n) is 2.41. The van der Waals surface area contributed by atoms with E-state index >= 15 is 0 Å². The number of fused-ring (bicyclic) bond motifs is 1. The first-order valence-electron chi connectivity index (χ1n) is 7.70. The number of hydrogen-bond acceptors (Lipinski definition) is 4. The average Bonchev–Trinajstić information content (AvgIpc) is 3.02. The van der Waals surface area contributed by atoms with Gasteiger partial charge in [0.25, 0.3) is 0 Å². The highest BCUT2D eigenvalue weighted by atomic mass is 35.5. The first kappa shape index (κ1) is 18.9. The topological polar surface area (TPSA) is 50.5 Å². The molecule has 0 fully saturated rings. The van der Waals surface area contributed by atoms with E-state index in [1.807, 2.05) is 6.92 Å². The molecule has 0 aliphatic rings. The van der Waals surface area contributed by atoms with Crippen LogP contribution in [-0.4, -0.2) is 38.2 Å². The van der Waals surface area contributed by atoms with Crippen LogP contribution in [0.25, 0.3) is 5.65 Å². The first-order chi connectivity index (χ1) is 12.4. The highest BCUT2D eigenvalue weighted by Gasteiger charge is 2.19. The van der Waals surface area contributed by atoms with E-state index in [0.717, 1.165) is 5.56 Å². The van der Waals surface area contributed by atoms with Gasteiger partial charge in [-0.2, -0.15) is 0 Å². The smallest absolute Gasteiger partial charge is 0.233 e. The van der Waals surface area contributed by atoms with Crippen molar-refractivity contribution in [2.45, 2.75) is 18.1 Å². The number of pyridine rings is 1. The fraction of sp³-hybridized carbons (Fsp3) is 0.235. The predicted octanol–water partition coefficient (Wildman–Crippen LogP) is 4.49. The van der Waals surface area contributed by atoms with Gasteiger partial charge in [-0.15, -0.1) is 10.2 Å². The van der Waals surface area contributed by atoms with E-state index < -0.39 is 0 Å². The van der Waals surface area contributed by atoms with Crippen molar-refractivity contribution in [3.05, 3.63) is 58.0 Å². The number of nitrogens with zero attached hydrogens (tertiary/aromatic N) is 4. The molecule has 0 saturated heterocycles. The van der Waals surface area contributed by atoms with Crippen molar-refractivity contribution < 1.29 is 9.18 Å². The summed E-state index contributed by atoms with van der Waals surface area (Å²) in [5, 5.41) is 9.45. The Morgan fingerprint density at radius 2 is 2.00 bits per heavy atom. The lowest BCUT2D eigenvalue weighted by Gasteiger charge is -2.25. The Labute approximate surface area is 164 Å². The third kappa shape index (κ3) is 3.95. The Bertz CT molecular complexity index is 948. The lowest BCUT2D eigenvalue weighted by atomic mass is 10.1. The lowest BCUT2D eigenvalue weighted by Crippen LogP contribution is -2.31. The minimum absolute atomic E-state index is 0.0864. The van der Waals surface area contributed by atoms with Crippen molar-refractivity contribution in [3.63, 3.8) is 0 Å². The van der Waals surface area contributed by atoms with E-state index in [-0.39, 0.29) is 23.5 Å². The van der Waals surface area contributed by atoms with E-state index in [4.69, 9.17) is 23.2 Å². The van der Waals surface area contributed by atoms with E-state index in [1.54, 1.807) is 40.7 Å². The number of aromatic nitrogens is 3. The Kier molecular flexibility index (Phi) is 5.70. The standard InChI is InChI=1S/C17H15Cl2FN4OS/c1-10(11-3-5-13(20)6-4-11)23(2)15(25)9-26-17-22-21-16-14(19)7-12(18)8-24(16)17/h3-8,10H,9H2,1-2H3. The summed E-state index contributed by atoms with van der Waals surface area (Å²) in [6.07, 6.45) is 1.65. The third-order valence-corrected chi connectivity index (χ3v) is 5.46. The summed E-state index contributed by atoms with van der Waals surface area (Å²) in [6, 6.07) is 7.52. The molecular weight excluding hydrogens is 398 g/mol. The molecule has 3 rings (SSSR count). The van der Waals surface area contributed by atoms with Crippen molar-refractivity contribution in [3.8, 4) is 0 Å². The van der Waals surface area contributed by atoms with Crippen LogP contribution < -0.4 is 0 Å². The Balaban J connectivity index is 1.69. The first-order valence-corrected chi connectivity index (χ1v) is 9.44. The molecule has 136 valence electrons. The van der Waals surface area contributed by atoms with Crippen LogP contribution in [0.5, 0.6) is 0 Å². The molecule has 2 heterocycles. The highest BCUT2D eigenvalue weighted by Crippen LogP contribution is 2.26. The Hall–Kier alpha value is -1.83. The lowest BCUT2D eigenvalue weighted by molar-refractivity contribution is -0.128. The summed E-state index contributed by atoms with van der Waals surface area (Å²) >= 11 is 13.4. The second kappa shape index (κ2) is 7.82. The zero-order valence-electron chi connectivity index (χ0n) is 14.0. The predicted molar refractivity (Wildman–Crippen MR) is 101 cm³/mol. The fourth-order valence-corrected chi connectivity index (χ4v) is 3.75. The second-order valence-corrected chi connectivity index (χ2v) is 7.49. The molecule has 0 aliphatic heterocycles. The number of amides is 1. The summed E-state index contributed by atoms with van der Waals surface area (Å²) < 4.78 is 14.7. The molecule has 0 radical (unpaired) electrons. The largest absolute Gasteiger partial charge is 0.338 e. The SMILES string of the molecule is CC(c1ccc(F)cc1)N(C)C(=O)CSc1nnc2c(Cl)cc(Cl)cn12. The average molecular weight is 413 g/mol. The molecule has 0 bridgehead atoms. The van der Waals surface area contributed by atoms with E-state index in [9.17, 15) is 9.18 Å². The van der Waals surface area contributed by atoms with Crippen LogP contribution in [-0.2, 0) is 4.79 Å². The zero-order valence-corrected chi connectivity index (χ0v) is 16.3. The van der Waals surface area contributed by atoms with Gasteiger partial charge in [0, 0.05) is 13.2 Å². The number of rotatable bonds is 5. The third-order valence-electron chi connectivity index (χ3n) is 4.05. The van der Waals surface area contributed by atoms with Crippen LogP contribution in [0.2, 0.25) is 10.0 Å². The van der Waals surface area contributed by atoms with Gasteiger partial charge in [-0.25, -0.2) is 4.39 Å². The molecular formula is C17H15Cl2FN4OS. The number of benzene rings is 1. The monoisotopic (exact) mass is 412 g/mol. The Morgan fingerprint density at radius 1 is 1.31 bits per heavy atom. The molecule has 5 nitrogen and oxygen atoms in total. The van der Waals surface area contributed by atoms with Crippen molar-refractivity contribution in [2.75, 3.05) is 12.8 Å².